The van der Waals surface area contributed by atoms with Crippen molar-refractivity contribution in [2.75, 3.05) is 0 Å². The summed E-state index contributed by atoms with van der Waals surface area (Å²) >= 11 is 0. The second-order valence-corrected chi connectivity index (χ2v) is 9.60. The molecule has 3 aliphatic rings. The lowest BCUT2D eigenvalue weighted by molar-refractivity contribution is -0.153. The molecule has 0 bridgehead atoms. The second-order valence-electron chi connectivity index (χ2n) is 9.60. The Balaban J connectivity index is 1.87. The van der Waals surface area contributed by atoms with Crippen LogP contribution in [0.25, 0.3) is 0 Å². The normalized spacial score (nSPS) is 45.0. The molecule has 1 amide bonds. The number of carbonyl (C=O) groups excluding carboxylic acids is 2. The minimum absolute atomic E-state index is 0.220. The Hall–Kier alpha value is -0.950. The number of carbonyl (C=O) groups is 1. The smallest absolute Gasteiger partial charge is 0.262 e. The molecule has 0 aromatic carbocycles. The number of nitrogens with zero attached hydrogens (tertiary/aromatic N) is 1. The van der Waals surface area contributed by atoms with E-state index in [1.165, 1.54) is 38.2 Å². The Morgan fingerprint density at radius 1 is 1.12 bits per heavy atom. The summed E-state index contributed by atoms with van der Waals surface area (Å²) in [7, 11) is 0. The van der Waals surface area contributed by atoms with Crippen molar-refractivity contribution in [2.45, 2.75) is 79.1 Å². The van der Waals surface area contributed by atoms with Crippen LogP contribution in [-0.2, 0) is 9.59 Å². The van der Waals surface area contributed by atoms with Gasteiger partial charge in [0.15, 0.2) is 0 Å². The molecule has 0 spiro atoms. The molecule has 3 heteroatoms. The largest absolute Gasteiger partial charge is 0.271 e. The first-order valence-electron chi connectivity index (χ1n) is 9.95. The van der Waals surface area contributed by atoms with Gasteiger partial charge in [-0.3, -0.25) is 4.79 Å². The molecule has 24 heavy (non-hydrogen) atoms. The molecule has 3 saturated carbocycles. The Kier molecular flexibility index (Phi) is 4.77. The Bertz CT molecular complexity index is 550. The van der Waals surface area contributed by atoms with Crippen LogP contribution in [0.5, 0.6) is 0 Å². The van der Waals surface area contributed by atoms with E-state index in [4.69, 9.17) is 0 Å². The molecule has 3 nitrogen and oxygen atoms in total. The van der Waals surface area contributed by atoms with Gasteiger partial charge < -0.3 is 0 Å². The fraction of sp³-hybridized carbons (Fsp3) is 0.905. The van der Waals surface area contributed by atoms with Gasteiger partial charge in [-0.2, -0.15) is 0 Å². The molecule has 0 radical (unpaired) electrons. The van der Waals surface area contributed by atoms with E-state index in [-0.39, 0.29) is 11.3 Å². The first-order chi connectivity index (χ1) is 11.3. The van der Waals surface area contributed by atoms with E-state index in [1.807, 2.05) is 0 Å². The Morgan fingerprint density at radius 2 is 1.88 bits per heavy atom. The SMILES string of the molecule is CC(C)C1CC[C@@H]2C(CCC3[C@]2(C)CCC[C@]3(C)C(=O)N=C=O)C1. The van der Waals surface area contributed by atoms with Gasteiger partial charge >= 0.3 is 0 Å². The minimum Gasteiger partial charge on any atom is -0.271 e. The molecule has 3 fully saturated rings. The standard InChI is InChI=1S/C21H33NO2/c1-14(2)15-6-8-17-16(12-15)7-9-18-20(17,3)10-5-11-21(18,4)19(24)22-13-23/h14-18H,5-12H2,1-4H3/t15?,16?,17-,18?,20-,21+/m1/s1. The maximum Gasteiger partial charge on any atom is 0.262 e. The predicted octanol–water partition coefficient (Wildman–Crippen LogP) is 5.14. The summed E-state index contributed by atoms with van der Waals surface area (Å²) in [5, 5.41) is 0. The summed E-state index contributed by atoms with van der Waals surface area (Å²) < 4.78 is 0. The van der Waals surface area contributed by atoms with Gasteiger partial charge in [-0.05, 0) is 80.0 Å². The van der Waals surface area contributed by atoms with Crippen LogP contribution in [0.3, 0.4) is 0 Å². The van der Waals surface area contributed by atoms with Crippen LogP contribution in [0.15, 0.2) is 4.99 Å². The number of rotatable bonds is 2. The lowest BCUT2D eigenvalue weighted by atomic mass is 9.43. The van der Waals surface area contributed by atoms with Crippen LogP contribution in [-0.4, -0.2) is 12.0 Å². The molecular weight excluding hydrogens is 298 g/mol. The van der Waals surface area contributed by atoms with Gasteiger partial charge in [0.1, 0.15) is 0 Å². The van der Waals surface area contributed by atoms with E-state index in [0.29, 0.717) is 5.92 Å². The van der Waals surface area contributed by atoms with E-state index in [0.717, 1.165) is 42.9 Å². The highest BCUT2D eigenvalue weighted by atomic mass is 16.2. The summed E-state index contributed by atoms with van der Waals surface area (Å²) in [6, 6.07) is 0. The number of hydrogen-bond acceptors (Lipinski definition) is 2. The second kappa shape index (κ2) is 6.41. The van der Waals surface area contributed by atoms with Gasteiger partial charge in [0.25, 0.3) is 5.91 Å². The van der Waals surface area contributed by atoms with Crippen molar-refractivity contribution in [3.63, 3.8) is 0 Å². The van der Waals surface area contributed by atoms with E-state index >= 15 is 0 Å². The van der Waals surface area contributed by atoms with Crippen molar-refractivity contribution >= 4 is 12.0 Å². The molecular formula is C21H33NO2. The first kappa shape index (κ1) is 17.9. The van der Waals surface area contributed by atoms with Crippen LogP contribution in [0, 0.1) is 40.4 Å². The van der Waals surface area contributed by atoms with Gasteiger partial charge in [-0.15, -0.1) is 4.99 Å². The van der Waals surface area contributed by atoms with E-state index in [2.05, 4.69) is 32.7 Å². The van der Waals surface area contributed by atoms with Crippen molar-refractivity contribution in [3.05, 3.63) is 0 Å². The zero-order valence-electron chi connectivity index (χ0n) is 15.8. The topological polar surface area (TPSA) is 46.5 Å². The van der Waals surface area contributed by atoms with Crippen molar-refractivity contribution in [3.8, 4) is 0 Å². The zero-order chi connectivity index (χ0) is 17.5. The van der Waals surface area contributed by atoms with Crippen LogP contribution in [0.4, 0.5) is 0 Å². The molecule has 0 aliphatic heterocycles. The fourth-order valence-corrected chi connectivity index (χ4v) is 6.90. The maximum absolute atomic E-state index is 12.6. The summed E-state index contributed by atoms with van der Waals surface area (Å²) in [5.41, 5.74) is -0.212. The maximum atomic E-state index is 12.6. The van der Waals surface area contributed by atoms with Gasteiger partial charge in [-0.1, -0.05) is 34.1 Å². The summed E-state index contributed by atoms with van der Waals surface area (Å²) in [5.74, 6) is 3.40. The number of aliphatic imine (C=N–C) groups is 1. The number of hydrogen-bond donors (Lipinski definition) is 0. The highest BCUT2D eigenvalue weighted by molar-refractivity contribution is 5.87. The van der Waals surface area contributed by atoms with Crippen LogP contribution < -0.4 is 0 Å². The summed E-state index contributed by atoms with van der Waals surface area (Å²) in [6.45, 7) is 9.25. The van der Waals surface area contributed by atoms with E-state index in [9.17, 15) is 9.59 Å². The van der Waals surface area contributed by atoms with Crippen molar-refractivity contribution in [1.29, 1.82) is 0 Å². The lowest BCUT2D eigenvalue weighted by Crippen LogP contribution is -2.55. The quantitative estimate of drug-likeness (QED) is 0.519. The molecule has 3 rings (SSSR count). The van der Waals surface area contributed by atoms with Crippen molar-refractivity contribution in [2.24, 2.45) is 45.4 Å². The van der Waals surface area contributed by atoms with Gasteiger partial charge in [0.05, 0.1) is 5.41 Å². The predicted molar refractivity (Wildman–Crippen MR) is 95.1 cm³/mol. The first-order valence-corrected chi connectivity index (χ1v) is 9.95. The molecule has 0 N–H and O–H groups in total. The zero-order valence-corrected chi connectivity index (χ0v) is 15.8. The lowest BCUT2D eigenvalue weighted by Gasteiger charge is -2.61. The average molecular weight is 332 g/mol. The van der Waals surface area contributed by atoms with Gasteiger partial charge in [0.2, 0.25) is 6.08 Å². The molecule has 0 saturated heterocycles. The van der Waals surface area contributed by atoms with Gasteiger partial charge in [-0.25, -0.2) is 4.79 Å². The third-order valence-electron chi connectivity index (χ3n) is 8.25. The Labute approximate surface area is 146 Å². The number of fused-ring (bicyclic) bond motifs is 3. The van der Waals surface area contributed by atoms with Crippen molar-refractivity contribution < 1.29 is 9.59 Å². The molecule has 6 atom stereocenters. The van der Waals surface area contributed by atoms with Gasteiger partial charge in [0, 0.05) is 0 Å². The number of amides is 1. The molecule has 3 aliphatic carbocycles. The Morgan fingerprint density at radius 3 is 2.54 bits per heavy atom. The van der Waals surface area contributed by atoms with E-state index in [1.54, 1.807) is 0 Å². The molecule has 0 aromatic rings. The molecule has 134 valence electrons. The highest BCUT2D eigenvalue weighted by Crippen LogP contribution is 2.64. The summed E-state index contributed by atoms with van der Waals surface area (Å²) in [6.07, 6.45) is 11.1. The molecule has 0 aromatic heterocycles. The molecule has 3 unspecified atom stereocenters. The third-order valence-corrected chi connectivity index (χ3v) is 8.25. The third kappa shape index (κ3) is 2.69. The minimum atomic E-state index is -0.454. The van der Waals surface area contributed by atoms with Crippen LogP contribution in [0.1, 0.15) is 79.1 Å². The number of isocyanates is 1. The molecule has 0 heterocycles. The monoisotopic (exact) mass is 331 g/mol. The van der Waals surface area contributed by atoms with E-state index < -0.39 is 5.41 Å². The van der Waals surface area contributed by atoms with Crippen molar-refractivity contribution in [1.82, 2.24) is 0 Å². The fourth-order valence-electron chi connectivity index (χ4n) is 6.90. The van der Waals surface area contributed by atoms with Crippen LogP contribution >= 0.6 is 0 Å². The average Bonchev–Trinajstić information content (AvgIpc) is 2.54. The highest BCUT2D eigenvalue weighted by Gasteiger charge is 2.59. The summed E-state index contributed by atoms with van der Waals surface area (Å²) in [4.78, 5) is 26.8. The van der Waals surface area contributed by atoms with Crippen LogP contribution in [0.2, 0.25) is 0 Å².